The van der Waals surface area contributed by atoms with Crippen LogP contribution < -0.4 is 0 Å². The summed E-state index contributed by atoms with van der Waals surface area (Å²) < 4.78 is 6.07. The van der Waals surface area contributed by atoms with E-state index in [9.17, 15) is 0 Å². The topological polar surface area (TPSA) is 13.1 Å². The summed E-state index contributed by atoms with van der Waals surface area (Å²) in [5, 5.41) is 10.2. The lowest BCUT2D eigenvalue weighted by Crippen LogP contribution is -1.87. The Hall–Kier alpha value is -5.66. The lowest BCUT2D eigenvalue weighted by Gasteiger charge is -2.14. The van der Waals surface area contributed by atoms with Crippen LogP contribution in [0.15, 0.2) is 150 Å². The number of rotatable bonds is 2. The third-order valence-electron chi connectivity index (χ3n) is 9.38. The van der Waals surface area contributed by atoms with E-state index < -0.39 is 0 Å². The van der Waals surface area contributed by atoms with Crippen molar-refractivity contribution < 1.29 is 4.42 Å². The molecule has 0 N–H and O–H groups in total. The van der Waals surface area contributed by atoms with Crippen molar-refractivity contribution in [3.8, 4) is 44.5 Å². The maximum absolute atomic E-state index is 6.07. The third-order valence-corrected chi connectivity index (χ3v) is 9.38. The van der Waals surface area contributed by atoms with Crippen molar-refractivity contribution in [3.63, 3.8) is 0 Å². The first-order valence-corrected chi connectivity index (χ1v) is 14.8. The van der Waals surface area contributed by atoms with Gasteiger partial charge in [-0.15, -0.1) is 0 Å². The number of hydrogen-bond acceptors (Lipinski definition) is 1. The van der Waals surface area contributed by atoms with Crippen molar-refractivity contribution in [3.05, 3.63) is 146 Å². The Kier molecular flexibility index (Phi) is 4.51. The summed E-state index contributed by atoms with van der Waals surface area (Å²) in [6, 6.07) is 53.2. The quantitative estimate of drug-likeness (QED) is 0.197. The number of benzene rings is 8. The maximum Gasteiger partial charge on any atom is 0.135 e. The van der Waals surface area contributed by atoms with Gasteiger partial charge in [0, 0.05) is 10.8 Å². The van der Waals surface area contributed by atoms with Crippen molar-refractivity contribution in [2.24, 2.45) is 0 Å². The fourth-order valence-electron chi connectivity index (χ4n) is 7.35. The van der Waals surface area contributed by atoms with Gasteiger partial charge in [-0.2, -0.15) is 0 Å². The zero-order valence-electron chi connectivity index (χ0n) is 23.3. The lowest BCUT2D eigenvalue weighted by molar-refractivity contribution is 0.669. The Labute approximate surface area is 248 Å². The van der Waals surface area contributed by atoms with Crippen LogP contribution in [0.5, 0.6) is 0 Å². The van der Waals surface area contributed by atoms with E-state index in [0.717, 1.165) is 21.9 Å². The predicted molar refractivity (Wildman–Crippen MR) is 182 cm³/mol. The highest BCUT2D eigenvalue weighted by Gasteiger charge is 2.25. The second kappa shape index (κ2) is 8.44. The molecule has 1 heteroatoms. The van der Waals surface area contributed by atoms with Gasteiger partial charge in [0.2, 0.25) is 0 Å². The van der Waals surface area contributed by atoms with Gasteiger partial charge in [0.15, 0.2) is 0 Å². The van der Waals surface area contributed by atoms with Crippen molar-refractivity contribution >= 4 is 54.3 Å². The van der Waals surface area contributed by atoms with Gasteiger partial charge in [0.05, 0.1) is 0 Å². The Morgan fingerprint density at radius 1 is 0.302 bits per heavy atom. The molecule has 8 aromatic carbocycles. The van der Waals surface area contributed by atoms with E-state index in [1.807, 2.05) is 12.1 Å². The Morgan fingerprint density at radius 2 is 0.884 bits per heavy atom. The van der Waals surface area contributed by atoms with Gasteiger partial charge in [-0.3, -0.25) is 0 Å². The van der Waals surface area contributed by atoms with Crippen LogP contribution in [0, 0.1) is 0 Å². The van der Waals surface area contributed by atoms with Crippen LogP contribution in [0.3, 0.4) is 0 Å². The molecular weight excluding hydrogens is 520 g/mol. The van der Waals surface area contributed by atoms with Crippen LogP contribution in [0.2, 0.25) is 0 Å². The van der Waals surface area contributed by atoms with Gasteiger partial charge in [0.25, 0.3) is 0 Å². The van der Waals surface area contributed by atoms with Crippen molar-refractivity contribution in [1.29, 1.82) is 0 Å². The number of hydrogen-bond donors (Lipinski definition) is 0. The van der Waals surface area contributed by atoms with Crippen molar-refractivity contribution in [1.82, 2.24) is 0 Å². The second-order valence-electron chi connectivity index (χ2n) is 11.7. The zero-order chi connectivity index (χ0) is 28.1. The fraction of sp³-hybridized carbons (Fsp3) is 0. The normalized spacial score (nSPS) is 12.2. The molecule has 1 aliphatic rings. The molecule has 10 rings (SSSR count). The van der Waals surface area contributed by atoms with Crippen molar-refractivity contribution in [2.75, 3.05) is 0 Å². The number of para-hydroxylation sites is 1. The molecule has 1 aliphatic carbocycles. The molecule has 198 valence electrons. The molecule has 0 bridgehead atoms. The summed E-state index contributed by atoms with van der Waals surface area (Å²) >= 11 is 0. The molecule has 0 aliphatic heterocycles. The van der Waals surface area contributed by atoms with Crippen LogP contribution in [0.25, 0.3) is 98.8 Å². The number of fused-ring (bicyclic) bond motifs is 9. The molecule has 1 nitrogen and oxygen atoms in total. The van der Waals surface area contributed by atoms with Gasteiger partial charge < -0.3 is 4.42 Å². The third kappa shape index (κ3) is 3.22. The maximum atomic E-state index is 6.07. The fourth-order valence-corrected chi connectivity index (χ4v) is 7.35. The molecule has 0 unspecified atom stereocenters. The molecule has 0 saturated carbocycles. The minimum absolute atomic E-state index is 0.926. The highest BCUT2D eigenvalue weighted by Crippen LogP contribution is 2.52. The summed E-state index contributed by atoms with van der Waals surface area (Å²) in [6.07, 6.45) is 0. The highest BCUT2D eigenvalue weighted by molar-refractivity contribution is 6.28. The van der Waals surface area contributed by atoms with Crippen LogP contribution in [0.4, 0.5) is 0 Å². The minimum Gasteiger partial charge on any atom is -0.456 e. The summed E-state index contributed by atoms with van der Waals surface area (Å²) in [7, 11) is 0. The average Bonchev–Trinajstić information content (AvgIpc) is 3.59. The largest absolute Gasteiger partial charge is 0.456 e. The van der Waals surface area contributed by atoms with Gasteiger partial charge in [0.1, 0.15) is 11.2 Å². The second-order valence-corrected chi connectivity index (χ2v) is 11.7. The van der Waals surface area contributed by atoms with Crippen molar-refractivity contribution in [2.45, 2.75) is 0 Å². The van der Waals surface area contributed by atoms with Gasteiger partial charge in [-0.25, -0.2) is 0 Å². The first kappa shape index (κ1) is 23.0. The molecule has 0 radical (unpaired) electrons. The number of furan rings is 1. The van der Waals surface area contributed by atoms with E-state index in [-0.39, 0.29) is 0 Å². The molecule has 9 aromatic rings. The van der Waals surface area contributed by atoms with Crippen LogP contribution >= 0.6 is 0 Å². The summed E-state index contributed by atoms with van der Waals surface area (Å²) in [4.78, 5) is 0. The molecule has 0 spiro atoms. The van der Waals surface area contributed by atoms with E-state index in [1.54, 1.807) is 0 Å². The molecule has 1 heterocycles. The van der Waals surface area contributed by atoms with E-state index in [4.69, 9.17) is 4.42 Å². The zero-order valence-corrected chi connectivity index (χ0v) is 23.3. The smallest absolute Gasteiger partial charge is 0.135 e. The van der Waals surface area contributed by atoms with Crippen LogP contribution in [-0.4, -0.2) is 0 Å². The standard InChI is InChI=1S/C42H24O/c1-2-8-28-22-36-35(21-27(28)7-1)34-19-18-32(41-31-10-4-3-9-30(31)24-38(36)42(34)41)26-15-13-25(14-16-26)29-17-20-40-37(23-29)33-11-5-6-12-39(33)43-40/h1-24H. The molecule has 0 fully saturated rings. The Balaban J connectivity index is 1.17. The molecule has 0 amide bonds. The lowest BCUT2D eigenvalue weighted by atomic mass is 9.89. The van der Waals surface area contributed by atoms with E-state index in [1.165, 1.54) is 76.8 Å². The molecular formula is C42H24O. The summed E-state index contributed by atoms with van der Waals surface area (Å²) in [6.45, 7) is 0. The first-order chi connectivity index (χ1) is 21.3. The van der Waals surface area contributed by atoms with Gasteiger partial charge in [-0.05, 0) is 113 Å². The summed E-state index contributed by atoms with van der Waals surface area (Å²) in [5.41, 5.74) is 12.1. The molecule has 1 aromatic heterocycles. The SMILES string of the molecule is c1ccc2cc3c(cc2c1)-c1ccc(-c2ccc(-c4ccc5oc6ccccc6c5c4)cc2)c2c1c-3cc1ccccc12. The van der Waals surface area contributed by atoms with E-state index in [0.29, 0.717) is 0 Å². The first-order valence-electron chi connectivity index (χ1n) is 14.8. The van der Waals surface area contributed by atoms with Crippen LogP contribution in [-0.2, 0) is 0 Å². The highest BCUT2D eigenvalue weighted by atomic mass is 16.3. The minimum atomic E-state index is 0.926. The van der Waals surface area contributed by atoms with Crippen LogP contribution in [0.1, 0.15) is 0 Å². The van der Waals surface area contributed by atoms with Gasteiger partial charge in [-0.1, -0.05) is 109 Å². The Morgan fingerprint density at radius 3 is 1.70 bits per heavy atom. The molecule has 0 atom stereocenters. The van der Waals surface area contributed by atoms with E-state index in [2.05, 4.69) is 133 Å². The average molecular weight is 545 g/mol. The molecule has 0 saturated heterocycles. The Bertz CT molecular complexity index is 2600. The predicted octanol–water partition coefficient (Wildman–Crippen LogP) is 12.0. The summed E-state index contributed by atoms with van der Waals surface area (Å²) in [5.74, 6) is 0. The molecule has 43 heavy (non-hydrogen) atoms. The van der Waals surface area contributed by atoms with E-state index >= 15 is 0 Å². The monoisotopic (exact) mass is 544 g/mol. The van der Waals surface area contributed by atoms with Gasteiger partial charge >= 0.3 is 0 Å².